The van der Waals surface area contributed by atoms with Crippen LogP contribution >= 0.6 is 0 Å². The minimum atomic E-state index is -3.92. The van der Waals surface area contributed by atoms with Crippen LogP contribution in [0, 0.1) is 5.92 Å². The molecule has 0 aliphatic carbocycles. The van der Waals surface area contributed by atoms with Gasteiger partial charge in [0.1, 0.15) is 0 Å². The molecule has 1 heterocycles. The maximum Gasteiger partial charge on any atom is 0.323 e. The summed E-state index contributed by atoms with van der Waals surface area (Å²) in [6.07, 6.45) is 1.08. The number of ether oxygens (including phenoxy) is 1. The van der Waals surface area contributed by atoms with Crippen LogP contribution in [0.2, 0.25) is 0 Å². The number of hydrogen-bond acceptors (Lipinski definition) is 5. The Hall–Kier alpha value is -1.15. The van der Waals surface area contributed by atoms with E-state index in [0.717, 1.165) is 11.2 Å². The van der Waals surface area contributed by atoms with E-state index in [4.69, 9.17) is 9.84 Å². The summed E-state index contributed by atoms with van der Waals surface area (Å²) in [6, 6.07) is 0. The molecule has 1 aliphatic rings. The van der Waals surface area contributed by atoms with Gasteiger partial charge in [0, 0.05) is 13.1 Å². The van der Waals surface area contributed by atoms with E-state index < -0.39 is 33.1 Å². The van der Waals surface area contributed by atoms with Gasteiger partial charge in [-0.1, -0.05) is 0 Å². The van der Waals surface area contributed by atoms with Gasteiger partial charge in [0.05, 0.1) is 12.5 Å². The molecule has 0 bridgehead atoms. The zero-order valence-electron chi connectivity index (χ0n) is 11.0. The molecule has 0 aromatic rings. The lowest BCUT2D eigenvalue weighted by molar-refractivity contribution is -0.149. The first-order valence-corrected chi connectivity index (χ1v) is 7.69. The largest absolute Gasteiger partial charge is 0.480 e. The van der Waals surface area contributed by atoms with Crippen molar-refractivity contribution in [2.24, 2.45) is 5.92 Å². The SMILES string of the molecule is CCOC(=O)C1CCCN(S(=O)(=O)C(C)C(=O)O)C1. The number of rotatable bonds is 5. The second kappa shape index (κ2) is 6.33. The monoisotopic (exact) mass is 293 g/mol. The molecule has 2 unspecified atom stereocenters. The van der Waals surface area contributed by atoms with Gasteiger partial charge in [0.2, 0.25) is 10.0 Å². The molecule has 8 heteroatoms. The number of nitrogens with zero attached hydrogens (tertiary/aromatic N) is 1. The average Bonchev–Trinajstić information content (AvgIpc) is 2.38. The van der Waals surface area contributed by atoms with E-state index in [-0.39, 0.29) is 19.7 Å². The van der Waals surface area contributed by atoms with Crippen LogP contribution in [0.25, 0.3) is 0 Å². The summed E-state index contributed by atoms with van der Waals surface area (Å²) < 4.78 is 30.0. The number of carboxylic acids is 1. The van der Waals surface area contributed by atoms with Crippen LogP contribution in [-0.4, -0.2) is 54.7 Å². The summed E-state index contributed by atoms with van der Waals surface area (Å²) in [5, 5.41) is 7.30. The lowest BCUT2D eigenvalue weighted by Gasteiger charge is -2.31. The molecule has 0 amide bonds. The number of esters is 1. The molecule has 1 aliphatic heterocycles. The Kier molecular flexibility index (Phi) is 5.30. The molecular weight excluding hydrogens is 274 g/mol. The number of aliphatic carboxylic acids is 1. The molecule has 1 N–H and O–H groups in total. The van der Waals surface area contributed by atoms with Crippen molar-refractivity contribution in [3.63, 3.8) is 0 Å². The minimum Gasteiger partial charge on any atom is -0.480 e. The van der Waals surface area contributed by atoms with Gasteiger partial charge < -0.3 is 9.84 Å². The van der Waals surface area contributed by atoms with Gasteiger partial charge in [-0.05, 0) is 26.7 Å². The van der Waals surface area contributed by atoms with Gasteiger partial charge >= 0.3 is 11.9 Å². The fourth-order valence-corrected chi connectivity index (χ4v) is 3.45. The predicted octanol–water partition coefficient (Wildman–Crippen LogP) is 0.0644. The maximum absolute atomic E-state index is 12.0. The summed E-state index contributed by atoms with van der Waals surface area (Å²) in [6.45, 7) is 3.30. The fraction of sp³-hybridized carbons (Fsp3) is 0.818. The van der Waals surface area contributed by atoms with Crippen molar-refractivity contribution >= 4 is 22.0 Å². The third-order valence-electron chi connectivity index (χ3n) is 3.16. The number of carbonyl (C=O) groups excluding carboxylic acids is 1. The second-order valence-electron chi connectivity index (χ2n) is 4.47. The second-order valence-corrected chi connectivity index (χ2v) is 6.73. The fourth-order valence-electron chi connectivity index (χ4n) is 1.98. The van der Waals surface area contributed by atoms with E-state index >= 15 is 0 Å². The summed E-state index contributed by atoms with van der Waals surface area (Å²) in [5.41, 5.74) is 0. The van der Waals surface area contributed by atoms with Crippen LogP contribution in [-0.2, 0) is 24.3 Å². The molecule has 110 valence electrons. The minimum absolute atomic E-state index is 0.00120. The normalized spacial score (nSPS) is 22.7. The summed E-state index contributed by atoms with van der Waals surface area (Å²) in [4.78, 5) is 22.4. The first-order valence-electron chi connectivity index (χ1n) is 6.19. The molecule has 0 saturated carbocycles. The average molecular weight is 293 g/mol. The van der Waals surface area contributed by atoms with Crippen molar-refractivity contribution in [2.75, 3.05) is 19.7 Å². The van der Waals surface area contributed by atoms with E-state index in [1.165, 1.54) is 0 Å². The highest BCUT2D eigenvalue weighted by atomic mass is 32.2. The van der Waals surface area contributed by atoms with Crippen molar-refractivity contribution in [1.29, 1.82) is 0 Å². The number of carboxylic acid groups (broad SMARTS) is 1. The zero-order valence-corrected chi connectivity index (χ0v) is 11.9. The van der Waals surface area contributed by atoms with Crippen molar-refractivity contribution in [3.05, 3.63) is 0 Å². The lowest BCUT2D eigenvalue weighted by Crippen LogP contribution is -2.47. The molecule has 0 radical (unpaired) electrons. The highest BCUT2D eigenvalue weighted by Gasteiger charge is 2.38. The molecule has 1 saturated heterocycles. The van der Waals surface area contributed by atoms with Crippen LogP contribution in [0.3, 0.4) is 0 Å². The number of hydrogen-bond donors (Lipinski definition) is 1. The van der Waals surface area contributed by atoms with Gasteiger partial charge in [0.25, 0.3) is 0 Å². The zero-order chi connectivity index (χ0) is 14.6. The van der Waals surface area contributed by atoms with Gasteiger partial charge in [-0.3, -0.25) is 9.59 Å². The topological polar surface area (TPSA) is 101 Å². The Balaban J connectivity index is 2.80. The van der Waals surface area contributed by atoms with Gasteiger partial charge in [0.15, 0.2) is 5.25 Å². The molecule has 0 spiro atoms. The van der Waals surface area contributed by atoms with Crippen molar-refractivity contribution < 1.29 is 27.9 Å². The summed E-state index contributed by atoms with van der Waals surface area (Å²) in [7, 11) is -3.92. The molecule has 0 aromatic carbocycles. The first kappa shape index (κ1) is 15.9. The van der Waals surface area contributed by atoms with E-state index in [9.17, 15) is 18.0 Å². The quantitative estimate of drug-likeness (QED) is 0.720. The van der Waals surface area contributed by atoms with Crippen LogP contribution in [0.4, 0.5) is 0 Å². The van der Waals surface area contributed by atoms with E-state index in [1.807, 2.05) is 0 Å². The Morgan fingerprint density at radius 3 is 2.63 bits per heavy atom. The van der Waals surface area contributed by atoms with Crippen molar-refractivity contribution in [1.82, 2.24) is 4.31 Å². The molecule has 0 aromatic heterocycles. The highest BCUT2D eigenvalue weighted by Crippen LogP contribution is 2.22. The van der Waals surface area contributed by atoms with Gasteiger partial charge in [-0.15, -0.1) is 0 Å². The first-order chi connectivity index (χ1) is 8.80. The number of sulfonamides is 1. The highest BCUT2D eigenvalue weighted by molar-refractivity contribution is 7.90. The number of carbonyl (C=O) groups is 2. The number of piperidine rings is 1. The maximum atomic E-state index is 12.0. The van der Waals surface area contributed by atoms with Crippen LogP contribution in [0.1, 0.15) is 26.7 Å². The summed E-state index contributed by atoms with van der Waals surface area (Å²) >= 11 is 0. The predicted molar refractivity (Wildman–Crippen MR) is 66.9 cm³/mol. The van der Waals surface area contributed by atoms with E-state index in [1.54, 1.807) is 6.92 Å². The Bertz CT molecular complexity index is 446. The van der Waals surface area contributed by atoms with Gasteiger partial charge in [-0.25, -0.2) is 12.7 Å². The Labute approximate surface area is 112 Å². The molecule has 19 heavy (non-hydrogen) atoms. The van der Waals surface area contributed by atoms with Gasteiger partial charge in [-0.2, -0.15) is 0 Å². The Morgan fingerprint density at radius 2 is 2.11 bits per heavy atom. The molecular formula is C11H19NO6S. The van der Waals surface area contributed by atoms with Crippen LogP contribution < -0.4 is 0 Å². The standard InChI is InChI=1S/C11H19NO6S/c1-3-18-11(15)9-5-4-6-12(7-9)19(16,17)8(2)10(13)14/h8-9H,3-7H2,1-2H3,(H,13,14). The molecule has 1 fully saturated rings. The Morgan fingerprint density at radius 1 is 1.47 bits per heavy atom. The summed E-state index contributed by atoms with van der Waals surface area (Å²) in [5.74, 6) is -2.33. The smallest absolute Gasteiger partial charge is 0.323 e. The van der Waals surface area contributed by atoms with Crippen molar-refractivity contribution in [3.8, 4) is 0 Å². The molecule has 2 atom stereocenters. The van der Waals surface area contributed by atoms with Crippen LogP contribution in [0.15, 0.2) is 0 Å². The molecule has 1 rings (SSSR count). The lowest BCUT2D eigenvalue weighted by atomic mass is 10.0. The third kappa shape index (κ3) is 3.66. The third-order valence-corrected chi connectivity index (χ3v) is 5.31. The molecule has 7 nitrogen and oxygen atoms in total. The van der Waals surface area contributed by atoms with Crippen LogP contribution in [0.5, 0.6) is 0 Å². The van der Waals surface area contributed by atoms with E-state index in [0.29, 0.717) is 12.8 Å². The van der Waals surface area contributed by atoms with Crippen molar-refractivity contribution in [2.45, 2.75) is 31.9 Å². The van der Waals surface area contributed by atoms with E-state index in [2.05, 4.69) is 0 Å².